The lowest BCUT2D eigenvalue weighted by molar-refractivity contribution is -0.387. The monoisotopic (exact) mass is 723 g/mol. The Kier molecular flexibility index (Phi) is 16.8. The van der Waals surface area contributed by atoms with Crippen LogP contribution in [-0.4, -0.2) is 58.8 Å². The van der Waals surface area contributed by atoms with E-state index in [1.807, 2.05) is 25.1 Å². The van der Waals surface area contributed by atoms with Gasteiger partial charge in [0, 0.05) is 22.7 Å². The third-order valence-corrected chi connectivity index (χ3v) is 9.64. The summed E-state index contributed by atoms with van der Waals surface area (Å²) < 4.78 is 59.0. The number of nitrogens with two attached hydrogens (primary N) is 1. The molecular formula is C27H34ClN3O10S4. The fourth-order valence-corrected chi connectivity index (χ4v) is 6.72. The number of rotatable bonds is 12. The minimum Gasteiger partial charge on any atom is -0.398 e. The zero-order valence-corrected chi connectivity index (χ0v) is 28.6. The number of benzene rings is 3. The van der Waals surface area contributed by atoms with E-state index < -0.39 is 30.1 Å². The zero-order valence-electron chi connectivity index (χ0n) is 24.6. The maximum Gasteiger partial charge on any atom is 0.288 e. The molecule has 0 amide bonds. The molecule has 4 N–H and O–H groups in total. The third kappa shape index (κ3) is 17.4. The molecule has 248 valence electrons. The van der Waals surface area contributed by atoms with E-state index in [-0.39, 0.29) is 34.3 Å². The van der Waals surface area contributed by atoms with Crippen molar-refractivity contribution in [1.82, 2.24) is 0 Å². The lowest BCUT2D eigenvalue weighted by Gasteiger charge is -2.05. The van der Waals surface area contributed by atoms with Crippen LogP contribution in [0.25, 0.3) is 0 Å². The van der Waals surface area contributed by atoms with E-state index in [9.17, 15) is 37.1 Å². The Morgan fingerprint density at radius 2 is 1.11 bits per heavy atom. The van der Waals surface area contributed by atoms with Gasteiger partial charge >= 0.3 is 0 Å². The van der Waals surface area contributed by atoms with Crippen molar-refractivity contribution in [2.24, 2.45) is 0 Å². The minimum atomic E-state index is -3.96. The first-order valence-corrected chi connectivity index (χ1v) is 18.5. The van der Waals surface area contributed by atoms with Crippen LogP contribution in [-0.2, 0) is 20.2 Å². The number of hydrogen-bond acceptors (Lipinski definition) is 11. The number of anilines is 1. The molecule has 0 saturated carbocycles. The molecule has 0 heterocycles. The molecular weight excluding hydrogens is 690 g/mol. The highest BCUT2D eigenvalue weighted by Crippen LogP contribution is 2.30. The smallest absolute Gasteiger partial charge is 0.288 e. The maximum atomic E-state index is 10.8. The van der Waals surface area contributed by atoms with Crippen LogP contribution in [0, 0.1) is 41.0 Å². The molecule has 45 heavy (non-hydrogen) atoms. The largest absolute Gasteiger partial charge is 0.398 e. The van der Waals surface area contributed by atoms with Gasteiger partial charge < -0.3 is 5.73 Å². The summed E-state index contributed by atoms with van der Waals surface area (Å²) in [4.78, 5) is 21.6. The molecule has 0 aliphatic rings. The summed E-state index contributed by atoms with van der Waals surface area (Å²) in [6.07, 6.45) is 0.658. The fraction of sp³-hybridized carbons (Fsp3) is 0.333. The topological polar surface area (TPSA) is 221 Å². The molecule has 0 saturated heterocycles. The van der Waals surface area contributed by atoms with Crippen molar-refractivity contribution in [2.45, 2.75) is 43.4 Å². The van der Waals surface area contributed by atoms with Crippen LogP contribution in [0.4, 0.5) is 17.1 Å². The van der Waals surface area contributed by atoms with Crippen LogP contribution < -0.4 is 5.73 Å². The quantitative estimate of drug-likeness (QED) is 0.0438. The second kappa shape index (κ2) is 18.9. The Hall–Kier alpha value is -2.93. The van der Waals surface area contributed by atoms with E-state index in [4.69, 9.17) is 26.4 Å². The summed E-state index contributed by atoms with van der Waals surface area (Å²) >= 11 is 8.25. The van der Waals surface area contributed by atoms with Crippen molar-refractivity contribution in [3.8, 4) is 0 Å². The molecule has 3 rings (SSSR count). The van der Waals surface area contributed by atoms with Crippen molar-refractivity contribution in [3.63, 3.8) is 0 Å². The first kappa shape index (κ1) is 40.1. The van der Waals surface area contributed by atoms with Gasteiger partial charge in [0.25, 0.3) is 31.6 Å². The SMILES string of the molecule is Cc1ccc(Cl)c([N+](=O)[O-])c1.Cc1ccc(SCCCS(=O)(=O)O)c(N)c1.Cc1ccc(SCCCS(=O)(=O)O)c([N+](=O)[O-])c1. The van der Waals surface area contributed by atoms with Gasteiger partial charge in [-0.3, -0.25) is 29.3 Å². The van der Waals surface area contributed by atoms with Gasteiger partial charge in [0.1, 0.15) is 5.02 Å². The van der Waals surface area contributed by atoms with E-state index in [0.717, 1.165) is 21.6 Å². The van der Waals surface area contributed by atoms with E-state index in [1.165, 1.54) is 41.7 Å². The molecule has 13 nitrogen and oxygen atoms in total. The summed E-state index contributed by atoms with van der Waals surface area (Å²) in [5.74, 6) is 0.474. The van der Waals surface area contributed by atoms with E-state index >= 15 is 0 Å². The Labute approximate surface area is 275 Å². The van der Waals surface area contributed by atoms with E-state index in [0.29, 0.717) is 28.5 Å². The number of aryl methyl sites for hydroxylation is 3. The lowest BCUT2D eigenvalue weighted by Crippen LogP contribution is -2.04. The van der Waals surface area contributed by atoms with E-state index in [1.54, 1.807) is 32.0 Å². The molecule has 0 radical (unpaired) electrons. The van der Waals surface area contributed by atoms with Crippen LogP contribution in [0.15, 0.2) is 64.4 Å². The average Bonchev–Trinajstić information content (AvgIpc) is 2.91. The van der Waals surface area contributed by atoms with Crippen LogP contribution in [0.1, 0.15) is 29.5 Å². The zero-order chi connectivity index (χ0) is 34.4. The molecule has 0 atom stereocenters. The first-order chi connectivity index (χ1) is 20.8. The Balaban J connectivity index is 0.000000347. The minimum absolute atomic E-state index is 0.0202. The molecule has 18 heteroatoms. The lowest BCUT2D eigenvalue weighted by atomic mass is 10.2. The van der Waals surface area contributed by atoms with Crippen molar-refractivity contribution < 1.29 is 35.8 Å². The van der Waals surface area contributed by atoms with Gasteiger partial charge in [-0.05, 0) is 86.1 Å². The summed E-state index contributed by atoms with van der Waals surface area (Å²) in [6, 6.07) is 15.3. The van der Waals surface area contributed by atoms with Crippen molar-refractivity contribution in [3.05, 3.63) is 96.5 Å². The number of nitrogens with zero attached hydrogens (tertiary/aromatic N) is 2. The Morgan fingerprint density at radius 1 is 0.711 bits per heavy atom. The standard InChI is InChI=1S/C10H13NO5S2.C10H15NO3S2.C7H6ClNO2/c1-8-3-4-10(9(7-8)11(12)13)17-5-2-6-18(14,15)16;1-8-3-4-10(9(11)7-8)15-5-2-6-16(12,13)14;1-5-2-3-6(8)7(4-5)9(10)11/h3-4,7H,2,5-6H2,1H3,(H,14,15,16);3-4,7H,2,5-6,11H2,1H3,(H,12,13,14);2-4H,1H3. The molecule has 0 aliphatic heterocycles. The summed E-state index contributed by atoms with van der Waals surface area (Å²) in [6.45, 7) is 5.51. The van der Waals surface area contributed by atoms with Crippen molar-refractivity contribution in [2.75, 3.05) is 28.7 Å². The Bertz CT molecular complexity index is 1690. The van der Waals surface area contributed by atoms with Crippen LogP contribution >= 0.6 is 35.1 Å². The average molecular weight is 724 g/mol. The van der Waals surface area contributed by atoms with Crippen LogP contribution in [0.3, 0.4) is 0 Å². The number of halogens is 1. The highest BCUT2D eigenvalue weighted by atomic mass is 35.5. The van der Waals surface area contributed by atoms with Gasteiger partial charge in [-0.1, -0.05) is 29.8 Å². The van der Waals surface area contributed by atoms with Gasteiger partial charge in [0.15, 0.2) is 0 Å². The second-order valence-electron chi connectivity index (χ2n) is 9.46. The predicted octanol–water partition coefficient (Wildman–Crippen LogP) is 6.78. The molecule has 3 aromatic rings. The molecule has 0 aliphatic carbocycles. The number of nitro groups is 2. The van der Waals surface area contributed by atoms with Crippen molar-refractivity contribution >= 4 is 72.4 Å². The van der Waals surface area contributed by atoms with Gasteiger partial charge in [0.05, 0.1) is 26.2 Å². The summed E-state index contributed by atoms with van der Waals surface area (Å²) in [5, 5.41) is 21.3. The molecule has 0 spiro atoms. The van der Waals surface area contributed by atoms with Gasteiger partial charge in [0.2, 0.25) is 0 Å². The predicted molar refractivity (Wildman–Crippen MR) is 180 cm³/mol. The normalized spacial score (nSPS) is 11.1. The molecule has 0 unspecified atom stereocenters. The van der Waals surface area contributed by atoms with Crippen LogP contribution in [0.5, 0.6) is 0 Å². The molecule has 3 aromatic carbocycles. The summed E-state index contributed by atoms with van der Waals surface area (Å²) in [5.41, 5.74) is 9.22. The fourth-order valence-electron chi connectivity index (χ4n) is 3.30. The number of hydrogen-bond donors (Lipinski definition) is 3. The highest BCUT2D eigenvalue weighted by Gasteiger charge is 2.14. The first-order valence-electron chi connectivity index (χ1n) is 13.0. The summed E-state index contributed by atoms with van der Waals surface area (Å²) in [7, 11) is -7.80. The molecule has 0 aromatic heterocycles. The van der Waals surface area contributed by atoms with Gasteiger partial charge in [-0.2, -0.15) is 16.8 Å². The highest BCUT2D eigenvalue weighted by molar-refractivity contribution is 7.99. The van der Waals surface area contributed by atoms with Gasteiger partial charge in [-0.25, -0.2) is 0 Å². The van der Waals surface area contributed by atoms with Crippen molar-refractivity contribution in [1.29, 1.82) is 0 Å². The molecule has 0 bridgehead atoms. The molecule has 0 fully saturated rings. The Morgan fingerprint density at radius 3 is 1.53 bits per heavy atom. The third-order valence-electron chi connectivity index (χ3n) is 5.38. The number of nitrogen functional groups attached to an aromatic ring is 1. The maximum absolute atomic E-state index is 10.8. The number of nitro benzene ring substituents is 2. The van der Waals surface area contributed by atoms with Gasteiger partial charge in [-0.15, -0.1) is 23.5 Å². The number of thioether (sulfide) groups is 2. The second-order valence-corrected chi connectivity index (χ2v) is 15.3. The van der Waals surface area contributed by atoms with Crippen LogP contribution in [0.2, 0.25) is 5.02 Å². The van der Waals surface area contributed by atoms with E-state index in [2.05, 4.69) is 0 Å².